The van der Waals surface area contributed by atoms with Gasteiger partial charge in [0.1, 0.15) is 5.39 Å². The molecule has 3 rings (SSSR count). The lowest BCUT2D eigenvalue weighted by Gasteiger charge is -2.14. The zero-order chi connectivity index (χ0) is 20.4. The van der Waals surface area contributed by atoms with Crippen LogP contribution in [0.2, 0.25) is 0 Å². The predicted molar refractivity (Wildman–Crippen MR) is 105 cm³/mol. The smallest absolute Gasteiger partial charge is 0.347 e. The number of hydrogen-bond donors (Lipinski definition) is 1. The molecule has 9 nitrogen and oxygen atoms in total. The maximum absolute atomic E-state index is 13.0. The summed E-state index contributed by atoms with van der Waals surface area (Å²) in [5.74, 6) is 1.01. The van der Waals surface area contributed by atoms with E-state index < -0.39 is 16.9 Å². The average molecular weight is 386 g/mol. The molecule has 0 aliphatic carbocycles. The van der Waals surface area contributed by atoms with Gasteiger partial charge in [-0.25, -0.2) is 9.59 Å². The van der Waals surface area contributed by atoms with Crippen LogP contribution in [0, 0.1) is 0 Å². The Hall–Kier alpha value is -3.36. The van der Waals surface area contributed by atoms with Gasteiger partial charge in [-0.05, 0) is 39.0 Å². The maximum atomic E-state index is 13.0. The van der Waals surface area contributed by atoms with Gasteiger partial charge in [0.2, 0.25) is 0 Å². The van der Waals surface area contributed by atoms with Crippen LogP contribution in [0.15, 0.2) is 32.6 Å². The molecular formula is C19H22N4O5. The highest BCUT2D eigenvalue weighted by molar-refractivity contribution is 5.90. The Morgan fingerprint density at radius 3 is 2.36 bits per heavy atom. The van der Waals surface area contributed by atoms with Crippen LogP contribution in [0.1, 0.15) is 20.8 Å². The molecule has 9 heteroatoms. The number of benzene rings is 1. The molecule has 148 valence electrons. The summed E-state index contributed by atoms with van der Waals surface area (Å²) in [6, 6.07) is 5.10. The Balaban J connectivity index is 2.44. The molecular weight excluding hydrogens is 364 g/mol. The van der Waals surface area contributed by atoms with Gasteiger partial charge in [-0.2, -0.15) is 4.98 Å². The topological polar surface area (TPSA) is 108 Å². The molecule has 28 heavy (non-hydrogen) atoms. The lowest BCUT2D eigenvalue weighted by atomic mass is 10.1. The molecule has 0 unspecified atom stereocenters. The van der Waals surface area contributed by atoms with E-state index in [0.29, 0.717) is 23.7 Å². The minimum Gasteiger partial charge on any atom is -0.493 e. The van der Waals surface area contributed by atoms with E-state index in [-0.39, 0.29) is 29.8 Å². The largest absolute Gasteiger partial charge is 0.493 e. The molecule has 0 saturated carbocycles. The van der Waals surface area contributed by atoms with Gasteiger partial charge in [-0.3, -0.25) is 13.9 Å². The van der Waals surface area contributed by atoms with Crippen LogP contribution in [0.25, 0.3) is 22.3 Å². The molecule has 3 aromatic rings. The third kappa shape index (κ3) is 3.08. The van der Waals surface area contributed by atoms with Crippen molar-refractivity contribution in [1.82, 2.24) is 19.1 Å². The zero-order valence-electron chi connectivity index (χ0n) is 16.2. The molecule has 0 aliphatic rings. The molecule has 0 bridgehead atoms. The van der Waals surface area contributed by atoms with Crippen molar-refractivity contribution < 1.29 is 9.47 Å². The number of aryl methyl sites for hydroxylation is 1. The number of aromatic amines is 1. The number of aromatic nitrogens is 4. The van der Waals surface area contributed by atoms with E-state index in [1.165, 1.54) is 11.7 Å². The Kier molecular flexibility index (Phi) is 5.34. The second kappa shape index (κ2) is 7.71. The Bertz CT molecular complexity index is 1210. The van der Waals surface area contributed by atoms with Crippen molar-refractivity contribution in [2.45, 2.75) is 33.9 Å². The number of hydrogen-bond acceptors (Lipinski definition) is 6. The first-order chi connectivity index (χ1) is 13.5. The van der Waals surface area contributed by atoms with E-state index in [0.717, 1.165) is 4.57 Å². The summed E-state index contributed by atoms with van der Waals surface area (Å²) < 4.78 is 13.3. The van der Waals surface area contributed by atoms with E-state index in [4.69, 9.17) is 9.47 Å². The number of nitrogens with one attached hydrogen (secondary N) is 1. The van der Waals surface area contributed by atoms with Crippen LogP contribution in [0.4, 0.5) is 0 Å². The van der Waals surface area contributed by atoms with Crippen molar-refractivity contribution >= 4 is 11.0 Å². The second-order valence-corrected chi connectivity index (χ2v) is 5.99. The van der Waals surface area contributed by atoms with E-state index in [1.807, 2.05) is 6.92 Å². The van der Waals surface area contributed by atoms with E-state index in [2.05, 4.69) is 9.97 Å². The minimum atomic E-state index is -0.648. The van der Waals surface area contributed by atoms with E-state index in [1.54, 1.807) is 32.0 Å². The SMILES string of the molecule is CCOc1ccc(-c2[nH]c(=O)nc3c2c(=O)n(CC)c(=O)n3CC)cc1OC. The van der Waals surface area contributed by atoms with Gasteiger partial charge < -0.3 is 14.5 Å². The third-order valence-electron chi connectivity index (χ3n) is 4.47. The Morgan fingerprint density at radius 2 is 1.75 bits per heavy atom. The van der Waals surface area contributed by atoms with Gasteiger partial charge in [0.25, 0.3) is 5.56 Å². The van der Waals surface area contributed by atoms with Gasteiger partial charge in [-0.1, -0.05) is 0 Å². The van der Waals surface area contributed by atoms with Gasteiger partial charge in [0, 0.05) is 18.7 Å². The molecule has 0 amide bonds. The first kappa shape index (κ1) is 19.4. The summed E-state index contributed by atoms with van der Waals surface area (Å²) in [5.41, 5.74) is -0.745. The number of methoxy groups -OCH3 is 1. The number of H-pyrrole nitrogens is 1. The van der Waals surface area contributed by atoms with Crippen LogP contribution < -0.4 is 26.4 Å². The van der Waals surface area contributed by atoms with Crippen LogP contribution in [0.3, 0.4) is 0 Å². The molecule has 1 N–H and O–H groups in total. The van der Waals surface area contributed by atoms with Crippen molar-refractivity contribution in [3.05, 3.63) is 49.5 Å². The lowest BCUT2D eigenvalue weighted by molar-refractivity contribution is 0.311. The summed E-state index contributed by atoms with van der Waals surface area (Å²) >= 11 is 0. The molecule has 1 aromatic carbocycles. The van der Waals surface area contributed by atoms with Gasteiger partial charge in [-0.15, -0.1) is 0 Å². The summed E-state index contributed by atoms with van der Waals surface area (Å²) in [6.07, 6.45) is 0. The van der Waals surface area contributed by atoms with Crippen LogP contribution >= 0.6 is 0 Å². The highest BCUT2D eigenvalue weighted by Crippen LogP contribution is 2.33. The second-order valence-electron chi connectivity index (χ2n) is 5.99. The Labute approximate surface area is 160 Å². The quantitative estimate of drug-likeness (QED) is 0.685. The monoisotopic (exact) mass is 386 g/mol. The number of nitrogens with zero attached hydrogens (tertiary/aromatic N) is 3. The minimum absolute atomic E-state index is 0.0637. The van der Waals surface area contributed by atoms with Crippen LogP contribution in [0.5, 0.6) is 11.5 Å². The lowest BCUT2D eigenvalue weighted by Crippen LogP contribution is -2.41. The van der Waals surface area contributed by atoms with Crippen molar-refractivity contribution in [3.8, 4) is 22.8 Å². The molecule has 0 atom stereocenters. The molecule has 0 fully saturated rings. The van der Waals surface area contributed by atoms with Gasteiger partial charge >= 0.3 is 11.4 Å². The highest BCUT2D eigenvalue weighted by atomic mass is 16.5. The van der Waals surface area contributed by atoms with Crippen LogP contribution in [-0.2, 0) is 13.1 Å². The van der Waals surface area contributed by atoms with Crippen LogP contribution in [-0.4, -0.2) is 32.8 Å². The molecule has 0 radical (unpaired) electrons. The summed E-state index contributed by atoms with van der Waals surface area (Å²) in [7, 11) is 1.51. The van der Waals surface area contributed by atoms with E-state index in [9.17, 15) is 14.4 Å². The normalized spacial score (nSPS) is 11.0. The molecule has 0 aliphatic heterocycles. The maximum Gasteiger partial charge on any atom is 0.347 e. The van der Waals surface area contributed by atoms with Gasteiger partial charge in [0.05, 0.1) is 19.4 Å². The molecule has 0 spiro atoms. The standard InChI is InChI=1S/C19H22N4O5/c1-5-22-16-14(17(24)23(6-2)19(22)26)15(20-18(25)21-16)11-8-9-12(28-7-3)13(10-11)27-4/h8-10H,5-7H2,1-4H3,(H,20,21,25). The molecule has 2 aromatic heterocycles. The first-order valence-corrected chi connectivity index (χ1v) is 9.05. The van der Waals surface area contributed by atoms with E-state index >= 15 is 0 Å². The van der Waals surface area contributed by atoms with Crippen molar-refractivity contribution in [1.29, 1.82) is 0 Å². The third-order valence-corrected chi connectivity index (χ3v) is 4.47. The zero-order valence-corrected chi connectivity index (χ0v) is 16.2. The predicted octanol–water partition coefficient (Wildman–Crippen LogP) is 1.36. The first-order valence-electron chi connectivity index (χ1n) is 9.05. The summed E-state index contributed by atoms with van der Waals surface area (Å²) in [6.45, 7) is 6.28. The fourth-order valence-electron chi connectivity index (χ4n) is 3.20. The highest BCUT2D eigenvalue weighted by Gasteiger charge is 2.19. The molecule has 0 saturated heterocycles. The Morgan fingerprint density at radius 1 is 1.04 bits per heavy atom. The fourth-order valence-corrected chi connectivity index (χ4v) is 3.20. The number of fused-ring (bicyclic) bond motifs is 1. The summed E-state index contributed by atoms with van der Waals surface area (Å²) in [4.78, 5) is 44.3. The average Bonchev–Trinajstić information content (AvgIpc) is 2.68. The van der Waals surface area contributed by atoms with Crippen molar-refractivity contribution in [3.63, 3.8) is 0 Å². The van der Waals surface area contributed by atoms with Crippen molar-refractivity contribution in [2.75, 3.05) is 13.7 Å². The van der Waals surface area contributed by atoms with Gasteiger partial charge in [0.15, 0.2) is 17.1 Å². The van der Waals surface area contributed by atoms with Crippen molar-refractivity contribution in [2.24, 2.45) is 0 Å². The molecule has 2 heterocycles. The number of rotatable bonds is 6. The summed E-state index contributed by atoms with van der Waals surface area (Å²) in [5, 5.41) is 0.175. The number of ether oxygens (including phenoxy) is 2. The fraction of sp³-hybridized carbons (Fsp3) is 0.368.